The monoisotopic (exact) mass is 1050 g/mol. The van der Waals surface area contributed by atoms with Gasteiger partial charge in [-0.25, -0.2) is 14.0 Å². The van der Waals surface area contributed by atoms with Crippen LogP contribution in [0.3, 0.4) is 0 Å². The van der Waals surface area contributed by atoms with Crippen molar-refractivity contribution in [2.75, 3.05) is 12.5 Å². The molecule has 0 bridgehead atoms. The van der Waals surface area contributed by atoms with Gasteiger partial charge in [-0.3, -0.25) is 4.68 Å². The lowest BCUT2D eigenvalue weighted by Crippen LogP contribution is -2.61. The molecule has 4 fully saturated rings. The molecular weight excluding hydrogens is 999 g/mol. The number of rotatable bonds is 21. The van der Waals surface area contributed by atoms with Crippen LogP contribution in [0.4, 0.5) is 0 Å². The van der Waals surface area contributed by atoms with Crippen molar-refractivity contribution < 1.29 is 94.1 Å². The molecule has 4 aromatic rings. The Morgan fingerprint density at radius 2 is 0.958 bits per heavy atom. The molecule has 8 heterocycles. The number of aliphatic hydroxyl groups is 11. The number of aromatic nitrogens is 12. The van der Waals surface area contributed by atoms with Gasteiger partial charge in [0, 0.05) is 6.54 Å². The number of ether oxygens (including phenoxy) is 8. The predicted octanol–water partition coefficient (Wildman–Crippen LogP) is -7.04. The number of halogens is 2. The summed E-state index contributed by atoms with van der Waals surface area (Å²) in [5, 5.41) is 147. The molecule has 4 saturated heterocycles. The summed E-state index contributed by atoms with van der Waals surface area (Å²) in [5.41, 5.74) is 1.41. The van der Waals surface area contributed by atoms with Gasteiger partial charge in [0.15, 0.2) is 18.9 Å². The van der Waals surface area contributed by atoms with Gasteiger partial charge in [-0.15, -0.1) is 43.6 Å². The second-order valence-corrected chi connectivity index (χ2v) is 18.1. The third kappa shape index (κ3) is 12.0. The van der Waals surface area contributed by atoms with E-state index in [2.05, 4.69) is 41.2 Å². The molecule has 71 heavy (non-hydrogen) atoms. The van der Waals surface area contributed by atoms with E-state index >= 15 is 0 Å². The molecular formula is C38H56Cl2N12O19. The highest BCUT2D eigenvalue weighted by molar-refractivity contribution is 6.21. The zero-order valence-electron chi connectivity index (χ0n) is 37.6. The second-order valence-electron chi connectivity index (χ2n) is 17.3. The van der Waals surface area contributed by atoms with Crippen molar-refractivity contribution in [3.05, 3.63) is 47.6 Å². The summed E-state index contributed by atoms with van der Waals surface area (Å²) in [6.07, 6.45) is -19.0. The van der Waals surface area contributed by atoms with Crippen LogP contribution in [0.1, 0.15) is 29.7 Å². The van der Waals surface area contributed by atoms with Crippen molar-refractivity contribution in [3.63, 3.8) is 0 Å². The molecule has 4 aliphatic heterocycles. The molecule has 11 N–H and O–H groups in total. The largest absolute Gasteiger partial charge is 0.394 e. The van der Waals surface area contributed by atoms with E-state index in [0.717, 1.165) is 0 Å². The van der Waals surface area contributed by atoms with Crippen molar-refractivity contribution in [3.8, 4) is 0 Å². The fraction of sp³-hybridized carbons (Fsp3) is 0.789. The quantitative estimate of drug-likeness (QED) is 0.0345. The Balaban J connectivity index is 0.782. The van der Waals surface area contributed by atoms with E-state index in [0.29, 0.717) is 23.6 Å². The van der Waals surface area contributed by atoms with E-state index in [9.17, 15) is 56.2 Å². The number of aliphatic hydroxyl groups excluding tert-OH is 11. The Morgan fingerprint density at radius 3 is 1.41 bits per heavy atom. The molecule has 0 aromatic carbocycles. The molecule has 4 aliphatic rings. The summed E-state index contributed by atoms with van der Waals surface area (Å²) in [4.78, 5) is 0. The Morgan fingerprint density at radius 1 is 0.535 bits per heavy atom. The molecule has 8 rings (SSSR count). The fourth-order valence-corrected chi connectivity index (χ4v) is 8.75. The number of hydrogen-bond donors (Lipinski definition) is 11. The third-order valence-electron chi connectivity index (χ3n) is 12.2. The zero-order valence-corrected chi connectivity index (χ0v) is 39.1. The summed E-state index contributed by atoms with van der Waals surface area (Å²) in [6, 6.07) is 0. The molecule has 0 aliphatic carbocycles. The van der Waals surface area contributed by atoms with Crippen molar-refractivity contribution in [2.45, 2.75) is 175 Å². The topological polar surface area (TPSA) is 419 Å². The number of aryl methyl sites for hydroxylation is 1. The first-order chi connectivity index (χ1) is 34.0. The van der Waals surface area contributed by atoms with Crippen molar-refractivity contribution >= 4 is 23.2 Å². The summed E-state index contributed by atoms with van der Waals surface area (Å²) in [6.45, 7) is 0.961. The van der Waals surface area contributed by atoms with Gasteiger partial charge in [-0.05, 0) is 6.92 Å². The van der Waals surface area contributed by atoms with Crippen LogP contribution in [0.2, 0.25) is 0 Å². The van der Waals surface area contributed by atoms with Gasteiger partial charge in [0.25, 0.3) is 0 Å². The van der Waals surface area contributed by atoms with Crippen LogP contribution in [-0.4, -0.2) is 244 Å². The lowest BCUT2D eigenvalue weighted by Gasteiger charge is -2.43. The molecule has 3 unspecified atom stereocenters. The predicted molar refractivity (Wildman–Crippen MR) is 226 cm³/mol. The van der Waals surface area contributed by atoms with Crippen LogP contribution in [0.15, 0.2) is 24.8 Å². The van der Waals surface area contributed by atoms with Gasteiger partial charge in [0.05, 0.1) is 88.7 Å². The molecule has 19 atom stereocenters. The van der Waals surface area contributed by atoms with Crippen LogP contribution < -0.4 is 0 Å². The molecule has 31 nitrogen and oxygen atoms in total. The van der Waals surface area contributed by atoms with Gasteiger partial charge in [-0.1, -0.05) is 20.9 Å². The van der Waals surface area contributed by atoms with E-state index in [1.807, 2.05) is 6.92 Å². The maximum atomic E-state index is 10.9. The zero-order chi connectivity index (χ0) is 50.7. The highest BCUT2D eigenvalue weighted by Crippen LogP contribution is 2.38. The van der Waals surface area contributed by atoms with E-state index < -0.39 is 128 Å². The summed E-state index contributed by atoms with van der Waals surface area (Å²) >= 11 is 12.2. The Bertz CT molecular complexity index is 2300. The van der Waals surface area contributed by atoms with Crippen molar-refractivity contribution in [1.29, 1.82) is 0 Å². The van der Waals surface area contributed by atoms with Crippen molar-refractivity contribution in [2.24, 2.45) is 0 Å². The third-order valence-corrected chi connectivity index (χ3v) is 13.1. The summed E-state index contributed by atoms with van der Waals surface area (Å²) in [7, 11) is 0. The first kappa shape index (κ1) is 53.7. The number of hydrogen-bond acceptors (Lipinski definition) is 27. The van der Waals surface area contributed by atoms with Crippen LogP contribution in [0.25, 0.3) is 0 Å². The van der Waals surface area contributed by atoms with E-state index in [-0.39, 0.29) is 51.8 Å². The first-order valence-electron chi connectivity index (χ1n) is 22.3. The van der Waals surface area contributed by atoms with Crippen LogP contribution in [-0.2, 0) is 90.5 Å². The maximum absolute atomic E-state index is 10.9. The smallest absolute Gasteiger partial charge is 0.214 e. The SMILES string of the molecule is CCn1cc(CO[C@H]2OC(Cn3cc(CO[C@H]4O[C@H](Cn5cc(COCc6cn(C[C@H]7OC(CCl)(OC8O[C@H](CO)[C@H](Cl)[C@H](O)[C@H]8O)[C@@H](O)[C@@H]7O)nn6)nn5)[C@@H](O)[C@H](O)[C@@H]4O)nn3)[C@@H](O)[C@H](O)[C@@H]2O)nn1. The summed E-state index contributed by atoms with van der Waals surface area (Å²) in [5.74, 6) is -2.65. The standard InChI is InChI=1S/C38H56Cl2N12O19/c1-2-49-3-18(43-45-49)13-65-35-32(61)30(59)26(55)21(68-35)8-51-6-19(44-48-51)14-66-36-33(62)29(58)25(54)20(67-36)7-50-4-16(41-46-50)11-64-12-17-5-52(47-42-17)9-22-27(56)34(63)38(15-39,70-22)71-37-31(60)28(57)24(40)23(10-53)69-37/h3-6,20-37,53-63H,2,7-15H2,1H3/t20-,21?,22-,23-,24+,25-,26-,27-,28+,29+,30+,31-,32+,33+,34+,35+,36+,37?,38?/m1/s1. The lowest BCUT2D eigenvalue weighted by atomic mass is 9.99. The minimum atomic E-state index is -2.11. The minimum absolute atomic E-state index is 0.0565. The highest BCUT2D eigenvalue weighted by atomic mass is 35.5. The first-order valence-corrected chi connectivity index (χ1v) is 23.3. The van der Waals surface area contributed by atoms with Gasteiger partial charge in [0.1, 0.15) is 108 Å². The Labute approximate surface area is 411 Å². The van der Waals surface area contributed by atoms with Crippen molar-refractivity contribution in [1.82, 2.24) is 60.0 Å². The molecule has 0 amide bonds. The molecule has 33 heteroatoms. The number of alkyl halides is 2. The van der Waals surface area contributed by atoms with E-state index in [4.69, 9.17) is 61.1 Å². The average Bonchev–Trinajstić information content (AvgIpc) is 4.24. The highest BCUT2D eigenvalue weighted by Gasteiger charge is 2.58. The average molecular weight is 1060 g/mol. The van der Waals surface area contributed by atoms with Gasteiger partial charge in [-0.2, -0.15) is 0 Å². The molecule has 0 spiro atoms. The second kappa shape index (κ2) is 23.3. The fourth-order valence-electron chi connectivity index (χ4n) is 8.18. The van der Waals surface area contributed by atoms with Crippen LogP contribution in [0.5, 0.6) is 0 Å². The number of nitrogens with zero attached hydrogens (tertiary/aromatic N) is 12. The minimum Gasteiger partial charge on any atom is -0.394 e. The summed E-state index contributed by atoms with van der Waals surface area (Å²) < 4.78 is 51.3. The normalized spacial score (nSPS) is 37.8. The molecule has 4 aromatic heterocycles. The van der Waals surface area contributed by atoms with Crippen LogP contribution >= 0.6 is 23.2 Å². The van der Waals surface area contributed by atoms with Crippen LogP contribution in [0, 0.1) is 0 Å². The maximum Gasteiger partial charge on any atom is 0.214 e. The molecule has 0 saturated carbocycles. The Hall–Kier alpha value is -3.62. The van der Waals surface area contributed by atoms with E-state index in [1.54, 1.807) is 10.9 Å². The Kier molecular flexibility index (Phi) is 17.6. The van der Waals surface area contributed by atoms with Gasteiger partial charge in [0.2, 0.25) is 5.79 Å². The van der Waals surface area contributed by atoms with Gasteiger partial charge < -0.3 is 94.1 Å². The molecule has 396 valence electrons. The lowest BCUT2D eigenvalue weighted by molar-refractivity contribution is -0.358. The molecule has 0 radical (unpaired) electrons. The van der Waals surface area contributed by atoms with E-state index in [1.165, 1.54) is 32.6 Å². The van der Waals surface area contributed by atoms with Gasteiger partial charge >= 0.3 is 0 Å².